The van der Waals surface area contributed by atoms with Crippen LogP contribution in [-0.4, -0.2) is 14.4 Å². The van der Waals surface area contributed by atoms with Gasteiger partial charge in [-0.2, -0.15) is 0 Å². The van der Waals surface area contributed by atoms with Crippen LogP contribution in [0.25, 0.3) is 11.0 Å². The van der Waals surface area contributed by atoms with Crippen LogP contribution in [0.2, 0.25) is 0 Å². The van der Waals surface area contributed by atoms with Gasteiger partial charge in [-0.05, 0) is 31.9 Å². The first-order valence-corrected chi connectivity index (χ1v) is 7.22. The predicted molar refractivity (Wildman–Crippen MR) is 76.7 cm³/mol. The Morgan fingerprint density at radius 3 is 2.82 bits per heavy atom. The normalized spacial score (nSPS) is 13.1. The van der Waals surface area contributed by atoms with E-state index in [1.165, 1.54) is 24.2 Å². The Kier molecular flexibility index (Phi) is 4.21. The lowest BCUT2D eigenvalue weighted by atomic mass is 10.2. The SMILES string of the molecule is CCn1c(CCCC(C)Br)nc2ccccc21. The summed E-state index contributed by atoms with van der Waals surface area (Å²) in [5.74, 6) is 1.22. The number of alkyl halides is 1. The number of hydrogen-bond acceptors (Lipinski definition) is 1. The van der Waals surface area contributed by atoms with Crippen LogP contribution in [0.3, 0.4) is 0 Å². The number of aromatic nitrogens is 2. The first kappa shape index (κ1) is 12.6. The highest BCUT2D eigenvalue weighted by Gasteiger charge is 2.08. The van der Waals surface area contributed by atoms with Gasteiger partial charge in [-0.1, -0.05) is 35.0 Å². The molecule has 0 aliphatic heterocycles. The highest BCUT2D eigenvalue weighted by atomic mass is 79.9. The van der Waals surface area contributed by atoms with E-state index in [2.05, 4.69) is 58.6 Å². The summed E-state index contributed by atoms with van der Waals surface area (Å²) >= 11 is 3.59. The zero-order valence-electron chi connectivity index (χ0n) is 10.5. The number of imidazole rings is 1. The lowest BCUT2D eigenvalue weighted by Gasteiger charge is -2.06. The molecule has 0 amide bonds. The van der Waals surface area contributed by atoms with Gasteiger partial charge in [0, 0.05) is 17.8 Å². The summed E-state index contributed by atoms with van der Waals surface area (Å²) in [6.45, 7) is 5.38. The quantitative estimate of drug-likeness (QED) is 0.757. The molecule has 0 saturated carbocycles. The van der Waals surface area contributed by atoms with Crippen molar-refractivity contribution in [1.82, 2.24) is 9.55 Å². The summed E-state index contributed by atoms with van der Waals surface area (Å²) in [6, 6.07) is 8.39. The Morgan fingerprint density at radius 2 is 2.12 bits per heavy atom. The first-order chi connectivity index (χ1) is 8.22. The molecular weight excluding hydrogens is 276 g/mol. The van der Waals surface area contributed by atoms with Crippen molar-refractivity contribution in [3.63, 3.8) is 0 Å². The summed E-state index contributed by atoms with van der Waals surface area (Å²) in [6.07, 6.45) is 3.46. The Bertz CT molecular complexity index is 488. The van der Waals surface area contributed by atoms with Crippen molar-refractivity contribution in [2.45, 2.75) is 44.5 Å². The van der Waals surface area contributed by atoms with E-state index < -0.39 is 0 Å². The van der Waals surface area contributed by atoms with Crippen LogP contribution in [0.4, 0.5) is 0 Å². The lowest BCUT2D eigenvalue weighted by molar-refractivity contribution is 0.658. The largest absolute Gasteiger partial charge is 0.328 e. The first-order valence-electron chi connectivity index (χ1n) is 6.30. The maximum absolute atomic E-state index is 4.73. The van der Waals surface area contributed by atoms with E-state index in [0.717, 1.165) is 18.5 Å². The van der Waals surface area contributed by atoms with E-state index in [0.29, 0.717) is 4.83 Å². The molecule has 0 N–H and O–H groups in total. The van der Waals surface area contributed by atoms with Crippen molar-refractivity contribution in [2.24, 2.45) is 0 Å². The number of nitrogens with zero attached hydrogens (tertiary/aromatic N) is 2. The average Bonchev–Trinajstić information content (AvgIpc) is 2.66. The van der Waals surface area contributed by atoms with E-state index in [-0.39, 0.29) is 0 Å². The zero-order valence-corrected chi connectivity index (χ0v) is 12.1. The van der Waals surface area contributed by atoms with Gasteiger partial charge in [0.2, 0.25) is 0 Å². The molecule has 2 rings (SSSR count). The second kappa shape index (κ2) is 5.67. The summed E-state index contributed by atoms with van der Waals surface area (Å²) in [5, 5.41) is 0. The third-order valence-electron chi connectivity index (χ3n) is 3.05. The number of aryl methyl sites for hydroxylation is 2. The molecule has 1 heterocycles. The minimum atomic E-state index is 0.599. The summed E-state index contributed by atoms with van der Waals surface area (Å²) in [7, 11) is 0. The van der Waals surface area contributed by atoms with E-state index in [1.807, 2.05) is 0 Å². The van der Waals surface area contributed by atoms with Gasteiger partial charge in [-0.15, -0.1) is 0 Å². The molecule has 1 atom stereocenters. The zero-order chi connectivity index (χ0) is 12.3. The summed E-state index contributed by atoms with van der Waals surface area (Å²) in [4.78, 5) is 5.33. The molecule has 0 bridgehead atoms. The predicted octanol–water partition coefficient (Wildman–Crippen LogP) is 4.16. The molecule has 1 unspecified atom stereocenters. The van der Waals surface area contributed by atoms with Gasteiger partial charge in [-0.25, -0.2) is 4.98 Å². The minimum absolute atomic E-state index is 0.599. The molecule has 0 fully saturated rings. The van der Waals surface area contributed by atoms with Crippen LogP contribution in [0.1, 0.15) is 32.5 Å². The Hall–Kier alpha value is -0.830. The maximum Gasteiger partial charge on any atom is 0.109 e. The van der Waals surface area contributed by atoms with Gasteiger partial charge in [0.05, 0.1) is 11.0 Å². The molecule has 17 heavy (non-hydrogen) atoms. The highest BCUT2D eigenvalue weighted by molar-refractivity contribution is 9.09. The second-order valence-electron chi connectivity index (χ2n) is 4.43. The van der Waals surface area contributed by atoms with Crippen LogP contribution in [0.15, 0.2) is 24.3 Å². The number of fused-ring (bicyclic) bond motifs is 1. The number of benzene rings is 1. The van der Waals surface area contributed by atoms with Gasteiger partial charge in [-0.3, -0.25) is 0 Å². The van der Waals surface area contributed by atoms with Gasteiger partial charge in [0.15, 0.2) is 0 Å². The molecule has 92 valence electrons. The molecule has 2 aromatic rings. The molecule has 0 spiro atoms. The molecular formula is C14H19BrN2. The Labute approximate surface area is 111 Å². The molecule has 0 aliphatic carbocycles. The number of hydrogen-bond donors (Lipinski definition) is 0. The van der Waals surface area contributed by atoms with E-state index in [9.17, 15) is 0 Å². The monoisotopic (exact) mass is 294 g/mol. The van der Waals surface area contributed by atoms with Crippen molar-refractivity contribution in [3.05, 3.63) is 30.1 Å². The van der Waals surface area contributed by atoms with E-state index >= 15 is 0 Å². The molecule has 1 aromatic carbocycles. The van der Waals surface area contributed by atoms with E-state index in [1.54, 1.807) is 0 Å². The number of para-hydroxylation sites is 2. The van der Waals surface area contributed by atoms with Crippen LogP contribution in [0, 0.1) is 0 Å². The summed E-state index contributed by atoms with van der Waals surface area (Å²) in [5.41, 5.74) is 2.38. The van der Waals surface area contributed by atoms with Crippen molar-refractivity contribution in [1.29, 1.82) is 0 Å². The molecule has 1 aromatic heterocycles. The fourth-order valence-electron chi connectivity index (χ4n) is 2.21. The third kappa shape index (κ3) is 2.89. The standard InChI is InChI=1S/C14H19BrN2/c1-3-17-13-9-5-4-8-12(13)16-14(17)10-6-7-11(2)15/h4-5,8-9,11H,3,6-7,10H2,1-2H3. The topological polar surface area (TPSA) is 17.8 Å². The van der Waals surface area contributed by atoms with Gasteiger partial charge in [0.1, 0.15) is 5.82 Å². The molecule has 0 saturated heterocycles. The molecule has 2 nitrogen and oxygen atoms in total. The van der Waals surface area contributed by atoms with Gasteiger partial charge >= 0.3 is 0 Å². The lowest BCUT2D eigenvalue weighted by Crippen LogP contribution is -2.03. The van der Waals surface area contributed by atoms with Crippen LogP contribution < -0.4 is 0 Å². The summed E-state index contributed by atoms with van der Waals surface area (Å²) < 4.78 is 2.33. The van der Waals surface area contributed by atoms with Crippen molar-refractivity contribution < 1.29 is 0 Å². The van der Waals surface area contributed by atoms with Crippen LogP contribution in [-0.2, 0) is 13.0 Å². The maximum atomic E-state index is 4.73. The van der Waals surface area contributed by atoms with Gasteiger partial charge < -0.3 is 4.57 Å². The van der Waals surface area contributed by atoms with Crippen molar-refractivity contribution >= 4 is 27.0 Å². The van der Waals surface area contributed by atoms with Crippen LogP contribution >= 0.6 is 15.9 Å². The Balaban J connectivity index is 2.21. The van der Waals surface area contributed by atoms with Crippen molar-refractivity contribution in [2.75, 3.05) is 0 Å². The second-order valence-corrected chi connectivity index (χ2v) is 6.00. The molecule has 3 heteroatoms. The van der Waals surface area contributed by atoms with Gasteiger partial charge in [0.25, 0.3) is 0 Å². The minimum Gasteiger partial charge on any atom is -0.328 e. The average molecular weight is 295 g/mol. The third-order valence-corrected chi connectivity index (χ3v) is 3.51. The number of rotatable bonds is 5. The van der Waals surface area contributed by atoms with Crippen LogP contribution in [0.5, 0.6) is 0 Å². The highest BCUT2D eigenvalue weighted by Crippen LogP contribution is 2.18. The van der Waals surface area contributed by atoms with E-state index in [4.69, 9.17) is 4.98 Å². The smallest absolute Gasteiger partial charge is 0.109 e. The number of halogens is 1. The Morgan fingerprint density at radius 1 is 1.35 bits per heavy atom. The van der Waals surface area contributed by atoms with Crippen molar-refractivity contribution in [3.8, 4) is 0 Å². The molecule has 0 radical (unpaired) electrons. The fraction of sp³-hybridized carbons (Fsp3) is 0.500. The molecule has 0 aliphatic rings. The fourth-order valence-corrected chi connectivity index (χ4v) is 2.53.